The number of ether oxygens (including phenoxy) is 1. The van der Waals surface area contributed by atoms with Crippen LogP contribution in [0.2, 0.25) is 0 Å². The monoisotopic (exact) mass is 446 g/mol. The summed E-state index contributed by atoms with van der Waals surface area (Å²) in [6.07, 6.45) is 7.14. The van der Waals surface area contributed by atoms with Crippen molar-refractivity contribution in [1.82, 2.24) is 24.7 Å². The fourth-order valence-corrected chi connectivity index (χ4v) is 4.14. The summed E-state index contributed by atoms with van der Waals surface area (Å²) in [5.41, 5.74) is 3.52. The number of methoxy groups -OCH3 is 1. The van der Waals surface area contributed by atoms with Crippen molar-refractivity contribution in [2.45, 2.75) is 0 Å². The van der Waals surface area contributed by atoms with Crippen molar-refractivity contribution < 1.29 is 9.53 Å². The highest BCUT2D eigenvalue weighted by Crippen LogP contribution is 2.34. The number of carbonyl (C=O) groups is 1. The molecule has 170 valence electrons. The highest BCUT2D eigenvalue weighted by atomic mass is 16.5. The number of benzene rings is 1. The molecule has 0 unspecified atom stereocenters. The number of nitrogens with zero attached hydrogens (tertiary/aromatic N) is 6. The Kier molecular flexibility index (Phi) is 5.66. The molecule has 1 amide bonds. The summed E-state index contributed by atoms with van der Waals surface area (Å²) in [5, 5.41) is 8.07. The second-order valence-corrected chi connectivity index (χ2v) is 8.00. The summed E-state index contributed by atoms with van der Waals surface area (Å²) in [6, 6.07) is 8.09. The number of H-pyrrole nitrogens is 1. The second kappa shape index (κ2) is 8.91. The minimum Gasteiger partial charge on any atom is -0.383 e. The van der Waals surface area contributed by atoms with Gasteiger partial charge in [0, 0.05) is 62.7 Å². The maximum Gasteiger partial charge on any atom is 0.243 e. The van der Waals surface area contributed by atoms with Gasteiger partial charge in [-0.2, -0.15) is 5.10 Å². The number of anilines is 3. The molecule has 0 spiro atoms. The first-order valence-electron chi connectivity index (χ1n) is 10.8. The lowest BCUT2D eigenvalue weighted by atomic mass is 10.1. The molecule has 5 rings (SSSR count). The number of aromatic nitrogens is 5. The molecule has 4 aromatic rings. The number of nitrogens with one attached hydrogen (secondary N) is 2. The van der Waals surface area contributed by atoms with Crippen molar-refractivity contribution in [2.75, 3.05) is 55.0 Å². The number of rotatable bonds is 7. The van der Waals surface area contributed by atoms with Crippen molar-refractivity contribution in [3.63, 3.8) is 0 Å². The first-order chi connectivity index (χ1) is 16.1. The van der Waals surface area contributed by atoms with E-state index in [9.17, 15) is 4.79 Å². The number of amides is 1. The zero-order valence-electron chi connectivity index (χ0n) is 18.7. The van der Waals surface area contributed by atoms with Crippen LogP contribution in [0.5, 0.6) is 0 Å². The molecule has 2 N–H and O–H groups in total. The van der Waals surface area contributed by atoms with E-state index in [1.165, 1.54) is 0 Å². The Bertz CT molecular complexity index is 1280. The fraction of sp³-hybridized carbons (Fsp3) is 0.304. The predicted molar refractivity (Wildman–Crippen MR) is 127 cm³/mol. The Morgan fingerprint density at radius 3 is 2.91 bits per heavy atom. The van der Waals surface area contributed by atoms with Crippen LogP contribution in [-0.4, -0.2) is 70.5 Å². The molecule has 0 aliphatic carbocycles. The smallest absolute Gasteiger partial charge is 0.243 e. The number of hydrogen-bond donors (Lipinski definition) is 2. The van der Waals surface area contributed by atoms with E-state index in [1.807, 2.05) is 48.6 Å². The molecule has 0 bridgehead atoms. The minimum atomic E-state index is -0.111. The topological polar surface area (TPSA) is 104 Å². The van der Waals surface area contributed by atoms with Gasteiger partial charge in [-0.3, -0.25) is 9.48 Å². The molecular weight excluding hydrogens is 420 g/mol. The lowest BCUT2D eigenvalue weighted by Crippen LogP contribution is -2.45. The van der Waals surface area contributed by atoms with Gasteiger partial charge in [0.05, 0.1) is 36.9 Å². The van der Waals surface area contributed by atoms with E-state index in [-0.39, 0.29) is 12.5 Å². The molecule has 10 nitrogen and oxygen atoms in total. The third-order valence-electron chi connectivity index (χ3n) is 5.75. The Morgan fingerprint density at radius 2 is 2.09 bits per heavy atom. The Balaban J connectivity index is 1.45. The number of aryl methyl sites for hydroxylation is 1. The summed E-state index contributed by atoms with van der Waals surface area (Å²) in [4.78, 5) is 29.8. The van der Waals surface area contributed by atoms with Gasteiger partial charge >= 0.3 is 0 Å². The molecule has 3 aromatic heterocycles. The van der Waals surface area contributed by atoms with E-state index in [0.29, 0.717) is 31.2 Å². The van der Waals surface area contributed by atoms with Crippen molar-refractivity contribution in [2.24, 2.45) is 7.05 Å². The summed E-state index contributed by atoms with van der Waals surface area (Å²) in [7, 11) is 3.51. The minimum absolute atomic E-state index is 0.111. The molecule has 0 radical (unpaired) electrons. The third-order valence-corrected chi connectivity index (χ3v) is 5.75. The zero-order chi connectivity index (χ0) is 22.8. The molecule has 1 aromatic carbocycles. The van der Waals surface area contributed by atoms with E-state index in [0.717, 1.165) is 34.5 Å². The summed E-state index contributed by atoms with van der Waals surface area (Å²) in [5.74, 6) is 1.36. The van der Waals surface area contributed by atoms with Gasteiger partial charge in [-0.1, -0.05) is 12.1 Å². The zero-order valence-corrected chi connectivity index (χ0v) is 18.7. The van der Waals surface area contributed by atoms with E-state index in [4.69, 9.17) is 9.72 Å². The summed E-state index contributed by atoms with van der Waals surface area (Å²) < 4.78 is 6.96. The van der Waals surface area contributed by atoms with Crippen LogP contribution in [0, 0.1) is 0 Å². The van der Waals surface area contributed by atoms with Gasteiger partial charge < -0.3 is 24.8 Å². The van der Waals surface area contributed by atoms with Crippen LogP contribution in [0.3, 0.4) is 0 Å². The number of aromatic amines is 1. The van der Waals surface area contributed by atoms with E-state index in [1.54, 1.807) is 24.2 Å². The lowest BCUT2D eigenvalue weighted by Gasteiger charge is -2.37. The average molecular weight is 447 g/mol. The molecule has 1 aliphatic rings. The largest absolute Gasteiger partial charge is 0.383 e. The van der Waals surface area contributed by atoms with Crippen LogP contribution in [-0.2, 0) is 16.6 Å². The first kappa shape index (κ1) is 21.0. The van der Waals surface area contributed by atoms with Crippen LogP contribution in [0.4, 0.5) is 17.2 Å². The molecule has 4 heterocycles. The molecule has 0 saturated carbocycles. The highest BCUT2D eigenvalue weighted by Gasteiger charge is 2.27. The van der Waals surface area contributed by atoms with Gasteiger partial charge in [0.25, 0.3) is 0 Å². The number of hydrogen-bond acceptors (Lipinski definition) is 7. The Hall–Kier alpha value is -3.92. The van der Waals surface area contributed by atoms with Crippen molar-refractivity contribution in [1.29, 1.82) is 0 Å². The first-order valence-corrected chi connectivity index (χ1v) is 10.8. The van der Waals surface area contributed by atoms with Crippen molar-refractivity contribution >= 4 is 34.0 Å². The molecule has 10 heteroatoms. The highest BCUT2D eigenvalue weighted by molar-refractivity contribution is 5.95. The van der Waals surface area contributed by atoms with Gasteiger partial charge in [0.15, 0.2) is 11.6 Å². The van der Waals surface area contributed by atoms with Crippen LogP contribution in [0.1, 0.15) is 0 Å². The molecular formula is C23H26N8O2. The van der Waals surface area contributed by atoms with Crippen LogP contribution in [0.25, 0.3) is 22.3 Å². The average Bonchev–Trinajstić information content (AvgIpc) is 3.46. The van der Waals surface area contributed by atoms with Gasteiger partial charge in [-0.25, -0.2) is 9.97 Å². The fourth-order valence-electron chi connectivity index (χ4n) is 4.14. The summed E-state index contributed by atoms with van der Waals surface area (Å²) in [6.45, 7) is 2.93. The number of carbonyl (C=O) groups excluding carboxylic acids is 1. The van der Waals surface area contributed by atoms with Gasteiger partial charge in [0.1, 0.15) is 0 Å². The van der Waals surface area contributed by atoms with Crippen molar-refractivity contribution in [3.8, 4) is 11.4 Å². The van der Waals surface area contributed by atoms with Crippen molar-refractivity contribution in [3.05, 3.63) is 49.1 Å². The second-order valence-electron chi connectivity index (χ2n) is 8.00. The Morgan fingerprint density at radius 1 is 1.21 bits per heavy atom. The summed E-state index contributed by atoms with van der Waals surface area (Å²) >= 11 is 0. The molecule has 0 saturated heterocycles. The van der Waals surface area contributed by atoms with Crippen LogP contribution < -0.4 is 15.1 Å². The lowest BCUT2D eigenvalue weighted by molar-refractivity contribution is -0.115. The maximum absolute atomic E-state index is 12.7. The van der Waals surface area contributed by atoms with Crippen LogP contribution >= 0.6 is 0 Å². The van der Waals surface area contributed by atoms with Gasteiger partial charge in [0.2, 0.25) is 5.91 Å². The van der Waals surface area contributed by atoms with Gasteiger partial charge in [-0.05, 0) is 12.1 Å². The van der Waals surface area contributed by atoms with Gasteiger partial charge in [-0.15, -0.1) is 0 Å². The van der Waals surface area contributed by atoms with E-state index < -0.39 is 0 Å². The predicted octanol–water partition coefficient (Wildman–Crippen LogP) is 2.27. The SMILES string of the molecule is COCCN1CCN(CC(=O)Nc2cnn(C)c2)c2cnc(-c3cccc4[nH]ccc34)nc21. The molecule has 33 heavy (non-hydrogen) atoms. The van der Waals surface area contributed by atoms with E-state index in [2.05, 4.69) is 25.3 Å². The quantitative estimate of drug-likeness (QED) is 0.449. The third kappa shape index (κ3) is 4.24. The maximum atomic E-state index is 12.7. The Labute approximate surface area is 191 Å². The standard InChI is InChI=1S/C23H26N8O2/c1-29-14-16(12-26-29)27-21(32)15-31-9-8-30(10-11-33-2)23-20(31)13-25-22(28-23)18-4-3-5-19-17(18)6-7-24-19/h3-7,12-14,24H,8-11,15H2,1-2H3,(H,27,32). The normalized spacial score (nSPS) is 13.4. The molecule has 0 fully saturated rings. The number of fused-ring (bicyclic) bond motifs is 2. The molecule has 1 aliphatic heterocycles. The van der Waals surface area contributed by atoms with Crippen LogP contribution in [0.15, 0.2) is 49.1 Å². The van der Waals surface area contributed by atoms with E-state index >= 15 is 0 Å². The molecule has 0 atom stereocenters.